The Kier molecular flexibility index (Phi) is 14.7. The van der Waals surface area contributed by atoms with Gasteiger partial charge in [-0.15, -0.1) is 0 Å². The molecule has 0 saturated carbocycles. The number of fused-ring (bicyclic) bond motifs is 1. The molecule has 0 radical (unpaired) electrons. The van der Waals surface area contributed by atoms with Crippen LogP contribution in [-0.4, -0.2) is 79.3 Å². The van der Waals surface area contributed by atoms with Crippen molar-refractivity contribution in [1.82, 2.24) is 15.2 Å². The SMILES string of the molecule is COc1cc(NC(=O)Cc2cccc(N(C)C(=O)CCN3CCC(OC(=O)Nc4ccccc4-c4ccccc4)CC3)c2)c(Cl)cc1CNCCc1ccc(O)c2[nH]c(=O)ccc12. The maximum absolute atomic E-state index is 13.3. The fraction of sp³-hybridized carbons (Fsp3) is 0.265. The summed E-state index contributed by atoms with van der Waals surface area (Å²) in [6.07, 6.45) is 1.68. The summed E-state index contributed by atoms with van der Waals surface area (Å²) >= 11 is 6.65. The van der Waals surface area contributed by atoms with Crippen LogP contribution in [0, 0.1) is 0 Å². The minimum absolute atomic E-state index is 0.0223. The Morgan fingerprint density at radius 2 is 1.65 bits per heavy atom. The van der Waals surface area contributed by atoms with Crippen molar-refractivity contribution in [3.63, 3.8) is 0 Å². The minimum atomic E-state index is -0.479. The molecule has 13 nitrogen and oxygen atoms in total. The number of aromatic nitrogens is 1. The molecule has 63 heavy (non-hydrogen) atoms. The van der Waals surface area contributed by atoms with Crippen molar-refractivity contribution >= 4 is 57.5 Å². The average Bonchev–Trinajstić information content (AvgIpc) is 3.29. The number of carbonyl (C=O) groups is 3. The molecule has 6 aromatic rings. The van der Waals surface area contributed by atoms with Gasteiger partial charge in [0.15, 0.2) is 0 Å². The Labute approximate surface area is 371 Å². The van der Waals surface area contributed by atoms with Crippen molar-refractivity contribution in [2.45, 2.75) is 44.8 Å². The summed E-state index contributed by atoms with van der Waals surface area (Å²) in [5.74, 6) is 0.249. The van der Waals surface area contributed by atoms with E-state index in [1.807, 2.05) is 84.9 Å². The number of phenols is 1. The summed E-state index contributed by atoms with van der Waals surface area (Å²) in [6.45, 7) is 3.04. The van der Waals surface area contributed by atoms with Crippen LogP contribution in [0.4, 0.5) is 21.9 Å². The summed E-state index contributed by atoms with van der Waals surface area (Å²) in [4.78, 5) is 57.7. The first-order valence-electron chi connectivity index (χ1n) is 21.0. The van der Waals surface area contributed by atoms with Gasteiger partial charge < -0.3 is 40.0 Å². The number of phenolic OH excluding ortho intramolecular Hbond substituents is 1. The predicted molar refractivity (Wildman–Crippen MR) is 248 cm³/mol. The van der Waals surface area contributed by atoms with Gasteiger partial charge in [0.25, 0.3) is 0 Å². The molecule has 1 saturated heterocycles. The van der Waals surface area contributed by atoms with Gasteiger partial charge in [0.05, 0.1) is 35.4 Å². The van der Waals surface area contributed by atoms with Crippen LogP contribution in [0.1, 0.15) is 36.0 Å². The summed E-state index contributed by atoms with van der Waals surface area (Å²) in [6, 6.07) is 34.9. The second kappa shape index (κ2) is 20.9. The zero-order valence-electron chi connectivity index (χ0n) is 35.3. The second-order valence-electron chi connectivity index (χ2n) is 15.5. The van der Waals surface area contributed by atoms with Crippen LogP contribution in [0.5, 0.6) is 11.5 Å². The number of nitrogens with one attached hydrogen (secondary N) is 4. The van der Waals surface area contributed by atoms with Gasteiger partial charge in [-0.2, -0.15) is 0 Å². The molecular formula is C49H51ClN6O7. The lowest BCUT2D eigenvalue weighted by Crippen LogP contribution is -2.40. The van der Waals surface area contributed by atoms with E-state index in [9.17, 15) is 24.3 Å². The number of aromatic hydroxyl groups is 1. The van der Waals surface area contributed by atoms with E-state index in [1.165, 1.54) is 6.07 Å². The molecule has 0 unspecified atom stereocenters. The Hall–Kier alpha value is -6.67. The van der Waals surface area contributed by atoms with E-state index in [0.29, 0.717) is 91.8 Å². The minimum Gasteiger partial charge on any atom is -0.506 e. The lowest BCUT2D eigenvalue weighted by molar-refractivity contribution is -0.118. The highest BCUT2D eigenvalue weighted by molar-refractivity contribution is 6.33. The Morgan fingerprint density at radius 3 is 2.44 bits per heavy atom. The number of piperidine rings is 1. The maximum Gasteiger partial charge on any atom is 0.411 e. The number of rotatable bonds is 16. The van der Waals surface area contributed by atoms with Crippen LogP contribution in [-0.2, 0) is 33.7 Å². The van der Waals surface area contributed by atoms with Crippen molar-refractivity contribution in [2.24, 2.45) is 0 Å². The number of para-hydroxylation sites is 1. The number of H-pyrrole nitrogens is 1. The van der Waals surface area contributed by atoms with Crippen LogP contribution in [0.25, 0.3) is 22.0 Å². The number of amides is 3. The number of likely N-dealkylation sites (tertiary alicyclic amines) is 1. The van der Waals surface area contributed by atoms with Gasteiger partial charge in [0.1, 0.15) is 17.6 Å². The topological polar surface area (TPSA) is 165 Å². The number of ether oxygens (including phenoxy) is 2. The number of halogens is 1. The molecule has 7 rings (SSSR count). The van der Waals surface area contributed by atoms with Crippen LogP contribution in [0.15, 0.2) is 120 Å². The molecule has 1 fully saturated rings. The van der Waals surface area contributed by atoms with Gasteiger partial charge >= 0.3 is 6.09 Å². The van der Waals surface area contributed by atoms with Gasteiger partial charge in [-0.25, -0.2) is 4.79 Å². The molecule has 3 amide bonds. The number of hydrogen-bond acceptors (Lipinski definition) is 9. The molecule has 1 aliphatic rings. The van der Waals surface area contributed by atoms with E-state index in [-0.39, 0.29) is 35.6 Å². The number of methoxy groups -OCH3 is 1. The van der Waals surface area contributed by atoms with Crippen LogP contribution >= 0.6 is 11.6 Å². The molecule has 0 bridgehead atoms. The fourth-order valence-electron chi connectivity index (χ4n) is 7.80. The first kappa shape index (κ1) is 44.4. The predicted octanol–water partition coefficient (Wildman–Crippen LogP) is 8.14. The molecule has 2 heterocycles. The van der Waals surface area contributed by atoms with Gasteiger partial charge in [-0.1, -0.05) is 78.3 Å². The Bertz CT molecular complexity index is 2630. The van der Waals surface area contributed by atoms with E-state index in [1.54, 1.807) is 43.3 Å². The van der Waals surface area contributed by atoms with Crippen LogP contribution in [0.2, 0.25) is 5.02 Å². The van der Waals surface area contributed by atoms with E-state index in [2.05, 4.69) is 25.8 Å². The highest BCUT2D eigenvalue weighted by Gasteiger charge is 2.24. The second-order valence-corrected chi connectivity index (χ2v) is 15.9. The van der Waals surface area contributed by atoms with Crippen molar-refractivity contribution in [1.29, 1.82) is 0 Å². The van der Waals surface area contributed by atoms with Gasteiger partial charge in [0, 0.05) is 74.0 Å². The Morgan fingerprint density at radius 1 is 0.873 bits per heavy atom. The summed E-state index contributed by atoms with van der Waals surface area (Å²) in [5, 5.41) is 20.5. The molecule has 5 N–H and O–H groups in total. The van der Waals surface area contributed by atoms with Crippen LogP contribution in [0.3, 0.4) is 0 Å². The largest absolute Gasteiger partial charge is 0.506 e. The van der Waals surface area contributed by atoms with Gasteiger partial charge in [-0.05, 0) is 78.9 Å². The Balaban J connectivity index is 0.843. The van der Waals surface area contributed by atoms with Gasteiger partial charge in [-0.3, -0.25) is 19.7 Å². The number of aromatic amines is 1. The molecule has 1 aliphatic heterocycles. The molecule has 326 valence electrons. The number of hydrogen-bond donors (Lipinski definition) is 5. The number of nitrogens with zero attached hydrogens (tertiary/aromatic N) is 2. The smallest absolute Gasteiger partial charge is 0.411 e. The summed E-state index contributed by atoms with van der Waals surface area (Å²) in [5.41, 5.74) is 6.36. The monoisotopic (exact) mass is 870 g/mol. The first-order valence-corrected chi connectivity index (χ1v) is 21.3. The maximum atomic E-state index is 13.3. The highest BCUT2D eigenvalue weighted by Crippen LogP contribution is 2.32. The highest BCUT2D eigenvalue weighted by atomic mass is 35.5. The lowest BCUT2D eigenvalue weighted by Gasteiger charge is -2.31. The number of carbonyl (C=O) groups excluding carboxylic acids is 3. The standard InChI is InChI=1S/C49H51ClN6O7/c1-55(47(60)22-26-56-24-20-37(21-25-56)63-49(61)53-41-14-7-6-13-38(41)33-10-4-3-5-11-33)36-12-8-9-32(27-36)28-46(59)52-42-30-44(62-2)35(29-40(42)50)31-51-23-19-34-15-17-43(57)48-39(34)16-18-45(58)54-48/h3-18,27,29-30,37,51,57H,19-26,28,31H2,1-2H3,(H,52,59)(H,53,61)(H,54,58). The van der Waals surface area contributed by atoms with Gasteiger partial charge in [0.2, 0.25) is 17.4 Å². The van der Waals surface area contributed by atoms with E-state index in [0.717, 1.165) is 33.2 Å². The fourth-order valence-corrected chi connectivity index (χ4v) is 8.04. The van der Waals surface area contributed by atoms with Crippen molar-refractivity contribution in [2.75, 3.05) is 55.9 Å². The third-order valence-electron chi connectivity index (χ3n) is 11.2. The molecule has 0 aliphatic carbocycles. The average molecular weight is 871 g/mol. The molecule has 5 aromatic carbocycles. The molecule has 1 aromatic heterocycles. The van der Waals surface area contributed by atoms with Crippen LogP contribution < -0.4 is 31.1 Å². The molecule has 0 atom stereocenters. The quantitative estimate of drug-likeness (QED) is 0.0604. The number of anilines is 3. The zero-order chi connectivity index (χ0) is 44.3. The van der Waals surface area contributed by atoms with E-state index >= 15 is 0 Å². The molecule has 14 heteroatoms. The first-order chi connectivity index (χ1) is 30.5. The van der Waals surface area contributed by atoms with E-state index in [4.69, 9.17) is 21.1 Å². The molecule has 0 spiro atoms. The number of benzene rings is 5. The van der Waals surface area contributed by atoms with E-state index < -0.39 is 6.09 Å². The lowest BCUT2D eigenvalue weighted by atomic mass is 10.0. The van der Waals surface area contributed by atoms with Crippen molar-refractivity contribution < 1.29 is 29.0 Å². The third-order valence-corrected chi connectivity index (χ3v) is 11.5. The van der Waals surface area contributed by atoms with Crippen molar-refractivity contribution in [3.8, 4) is 22.6 Å². The number of pyridine rings is 1. The summed E-state index contributed by atoms with van der Waals surface area (Å²) < 4.78 is 11.4. The third kappa shape index (κ3) is 11.6. The van der Waals surface area contributed by atoms with Crippen molar-refractivity contribution in [3.05, 3.63) is 147 Å². The molecular weight excluding hydrogens is 820 g/mol. The summed E-state index contributed by atoms with van der Waals surface area (Å²) in [7, 11) is 3.29. The zero-order valence-corrected chi connectivity index (χ0v) is 36.0. The normalized spacial score (nSPS) is 13.1.